The summed E-state index contributed by atoms with van der Waals surface area (Å²) in [5, 5.41) is 1.52. The maximum absolute atomic E-state index is 6.25. The number of hydrogen-bond donors (Lipinski definition) is 0. The van der Waals surface area contributed by atoms with Gasteiger partial charge in [-0.3, -0.25) is 0 Å². The first kappa shape index (κ1) is 15.3. The minimum Gasteiger partial charge on any atom is -0.381 e. The van der Waals surface area contributed by atoms with Crippen LogP contribution in [0.15, 0.2) is 24.3 Å². The summed E-state index contributed by atoms with van der Waals surface area (Å²) in [6, 6.07) is 7.89. The molecule has 0 radical (unpaired) electrons. The average Bonchev–Trinajstić information content (AvgIpc) is 2.46. The molecule has 0 heterocycles. The van der Waals surface area contributed by atoms with E-state index in [4.69, 9.17) is 21.1 Å². The van der Waals surface area contributed by atoms with E-state index in [9.17, 15) is 0 Å². The Morgan fingerprint density at radius 3 is 2.74 bits per heavy atom. The number of rotatable bonds is 5. The highest BCUT2D eigenvalue weighted by Crippen LogP contribution is 2.32. The van der Waals surface area contributed by atoms with Crippen LogP contribution in [-0.4, -0.2) is 24.6 Å². The molecule has 1 aliphatic rings. The molecule has 0 aliphatic heterocycles. The van der Waals surface area contributed by atoms with E-state index in [2.05, 4.69) is 15.9 Å². The fourth-order valence-electron chi connectivity index (χ4n) is 2.60. The summed E-state index contributed by atoms with van der Waals surface area (Å²) in [7, 11) is 1.78. The molecule has 3 atom stereocenters. The van der Waals surface area contributed by atoms with Gasteiger partial charge in [0.15, 0.2) is 0 Å². The molecule has 0 spiro atoms. The van der Waals surface area contributed by atoms with Crippen LogP contribution in [0.4, 0.5) is 0 Å². The molecule has 3 unspecified atom stereocenters. The van der Waals surface area contributed by atoms with E-state index >= 15 is 0 Å². The minimum absolute atomic E-state index is 0.00862. The largest absolute Gasteiger partial charge is 0.381 e. The van der Waals surface area contributed by atoms with Crippen molar-refractivity contribution in [1.82, 2.24) is 0 Å². The monoisotopic (exact) mass is 346 g/mol. The molecule has 2 nitrogen and oxygen atoms in total. The van der Waals surface area contributed by atoms with Crippen LogP contribution in [0.2, 0.25) is 5.02 Å². The number of methoxy groups -OCH3 is 1. The number of alkyl halides is 1. The molecule has 1 aromatic rings. The molecule has 4 heteroatoms. The molecule has 0 saturated heterocycles. The first-order chi connectivity index (χ1) is 9.24. The van der Waals surface area contributed by atoms with Gasteiger partial charge < -0.3 is 9.47 Å². The summed E-state index contributed by atoms with van der Waals surface area (Å²) in [6.07, 6.45) is 4.99. The lowest BCUT2D eigenvalue weighted by molar-refractivity contribution is -0.0583. The van der Waals surface area contributed by atoms with Crippen molar-refractivity contribution in [1.29, 1.82) is 0 Å². The van der Waals surface area contributed by atoms with Crippen LogP contribution in [0.1, 0.15) is 37.4 Å². The molecule has 1 aliphatic carbocycles. The number of halogens is 2. The molecule has 0 N–H and O–H groups in total. The topological polar surface area (TPSA) is 18.5 Å². The Kier molecular flexibility index (Phi) is 6.14. The van der Waals surface area contributed by atoms with E-state index in [0.717, 1.165) is 35.2 Å². The van der Waals surface area contributed by atoms with Gasteiger partial charge in [0, 0.05) is 23.0 Å². The van der Waals surface area contributed by atoms with Gasteiger partial charge in [-0.15, -0.1) is 0 Å². The zero-order valence-electron chi connectivity index (χ0n) is 11.1. The van der Waals surface area contributed by atoms with Gasteiger partial charge in [-0.25, -0.2) is 0 Å². The Hall–Kier alpha value is -0.0900. The maximum Gasteiger partial charge on any atom is 0.0939 e. The van der Waals surface area contributed by atoms with E-state index < -0.39 is 0 Å². The van der Waals surface area contributed by atoms with E-state index in [1.807, 2.05) is 24.3 Å². The fraction of sp³-hybridized carbons (Fsp3) is 0.600. The molecular weight excluding hydrogens is 328 g/mol. The summed E-state index contributed by atoms with van der Waals surface area (Å²) in [5.41, 5.74) is 1.06. The molecule has 1 aromatic carbocycles. The SMILES string of the molecule is COC1CCCC(OC(CBr)c2ccccc2Cl)C1. The van der Waals surface area contributed by atoms with Crippen molar-refractivity contribution in [3.8, 4) is 0 Å². The maximum atomic E-state index is 6.25. The van der Waals surface area contributed by atoms with Gasteiger partial charge >= 0.3 is 0 Å². The van der Waals surface area contributed by atoms with Gasteiger partial charge in [-0.05, 0) is 31.7 Å². The predicted octanol–water partition coefficient (Wildman–Crippen LogP) is 4.75. The quantitative estimate of drug-likeness (QED) is 0.716. The van der Waals surface area contributed by atoms with Crippen molar-refractivity contribution in [3.05, 3.63) is 34.9 Å². The molecule has 0 bridgehead atoms. The standard InChI is InChI=1S/C15H20BrClO2/c1-18-11-5-4-6-12(9-11)19-15(10-16)13-7-2-3-8-14(13)17/h2-3,7-8,11-12,15H,4-6,9-10H2,1H3. The lowest BCUT2D eigenvalue weighted by Gasteiger charge is -2.31. The third-order valence-electron chi connectivity index (χ3n) is 3.66. The van der Waals surface area contributed by atoms with Crippen LogP contribution in [0.25, 0.3) is 0 Å². The van der Waals surface area contributed by atoms with E-state index in [-0.39, 0.29) is 12.2 Å². The molecule has 19 heavy (non-hydrogen) atoms. The fourth-order valence-corrected chi connectivity index (χ4v) is 3.36. The molecule has 1 fully saturated rings. The van der Waals surface area contributed by atoms with Crippen molar-refractivity contribution in [2.45, 2.75) is 44.0 Å². The Bertz CT molecular complexity index is 399. The summed E-state index contributed by atoms with van der Waals surface area (Å²) in [6.45, 7) is 0. The van der Waals surface area contributed by atoms with Crippen molar-refractivity contribution in [2.24, 2.45) is 0 Å². The third kappa shape index (κ3) is 4.19. The van der Waals surface area contributed by atoms with Crippen LogP contribution in [0.3, 0.4) is 0 Å². The highest BCUT2D eigenvalue weighted by atomic mass is 79.9. The normalized spacial score (nSPS) is 25.2. The van der Waals surface area contributed by atoms with Crippen LogP contribution in [-0.2, 0) is 9.47 Å². The highest BCUT2D eigenvalue weighted by molar-refractivity contribution is 9.09. The van der Waals surface area contributed by atoms with Gasteiger partial charge in [0.05, 0.1) is 18.3 Å². The van der Waals surface area contributed by atoms with Crippen LogP contribution in [0.5, 0.6) is 0 Å². The predicted molar refractivity (Wildman–Crippen MR) is 82.1 cm³/mol. The molecule has 2 rings (SSSR count). The number of ether oxygens (including phenoxy) is 2. The Morgan fingerprint density at radius 1 is 1.32 bits per heavy atom. The first-order valence-corrected chi connectivity index (χ1v) is 8.23. The van der Waals surface area contributed by atoms with Crippen molar-refractivity contribution in [3.63, 3.8) is 0 Å². The first-order valence-electron chi connectivity index (χ1n) is 6.73. The summed E-state index contributed by atoms with van der Waals surface area (Å²) < 4.78 is 11.7. The second kappa shape index (κ2) is 7.63. The van der Waals surface area contributed by atoms with Gasteiger partial charge in [0.2, 0.25) is 0 Å². The molecule has 106 valence electrons. The zero-order chi connectivity index (χ0) is 13.7. The van der Waals surface area contributed by atoms with Gasteiger partial charge in [-0.1, -0.05) is 45.7 Å². The third-order valence-corrected chi connectivity index (χ3v) is 4.59. The Labute approximate surface area is 128 Å². The van der Waals surface area contributed by atoms with Crippen molar-refractivity contribution in [2.75, 3.05) is 12.4 Å². The van der Waals surface area contributed by atoms with Crippen molar-refractivity contribution >= 4 is 27.5 Å². The second-order valence-corrected chi connectivity index (χ2v) is 6.00. The second-order valence-electron chi connectivity index (χ2n) is 4.95. The Balaban J connectivity index is 2.01. The van der Waals surface area contributed by atoms with E-state index in [1.54, 1.807) is 7.11 Å². The minimum atomic E-state index is 0.00862. The lowest BCUT2D eigenvalue weighted by Crippen LogP contribution is -2.29. The van der Waals surface area contributed by atoms with E-state index in [0.29, 0.717) is 6.10 Å². The summed E-state index contributed by atoms with van der Waals surface area (Å²) in [4.78, 5) is 0. The van der Waals surface area contributed by atoms with E-state index in [1.165, 1.54) is 6.42 Å². The van der Waals surface area contributed by atoms with Gasteiger partial charge in [-0.2, -0.15) is 0 Å². The molecule has 1 saturated carbocycles. The van der Waals surface area contributed by atoms with Crippen LogP contribution >= 0.6 is 27.5 Å². The van der Waals surface area contributed by atoms with Crippen LogP contribution in [0, 0.1) is 0 Å². The zero-order valence-corrected chi connectivity index (χ0v) is 13.5. The smallest absolute Gasteiger partial charge is 0.0939 e. The van der Waals surface area contributed by atoms with Gasteiger partial charge in [0.1, 0.15) is 0 Å². The average molecular weight is 348 g/mol. The number of hydrogen-bond acceptors (Lipinski definition) is 2. The highest BCUT2D eigenvalue weighted by Gasteiger charge is 2.26. The van der Waals surface area contributed by atoms with Gasteiger partial charge in [0.25, 0.3) is 0 Å². The van der Waals surface area contributed by atoms with Crippen LogP contribution < -0.4 is 0 Å². The summed E-state index contributed by atoms with van der Waals surface area (Å²) in [5.74, 6) is 0. The van der Waals surface area contributed by atoms with Crippen molar-refractivity contribution < 1.29 is 9.47 Å². The Morgan fingerprint density at radius 2 is 2.05 bits per heavy atom. The molecule has 0 amide bonds. The number of benzene rings is 1. The molecule has 0 aromatic heterocycles. The summed E-state index contributed by atoms with van der Waals surface area (Å²) >= 11 is 9.78. The lowest BCUT2D eigenvalue weighted by atomic mass is 9.94. The molecular formula is C15H20BrClO2.